The van der Waals surface area contributed by atoms with Gasteiger partial charge in [0.1, 0.15) is 37.1 Å². The maximum atomic E-state index is 11.8. The highest BCUT2D eigenvalue weighted by atomic mass is 16.6. The van der Waals surface area contributed by atoms with Crippen molar-refractivity contribution >= 4 is 5.97 Å². The highest BCUT2D eigenvalue weighted by molar-refractivity contribution is 5.89. The number of aliphatic hydroxyl groups excluding tert-OH is 4. The Morgan fingerprint density at radius 2 is 1.67 bits per heavy atom. The Bertz CT molecular complexity index is 462. The summed E-state index contributed by atoms with van der Waals surface area (Å²) in [6.07, 6.45) is -6.34. The predicted octanol–water partition coefficient (Wildman–Crippen LogP) is -1.31. The van der Waals surface area contributed by atoms with E-state index in [9.17, 15) is 20.1 Å². The molecule has 0 aromatic heterocycles. The second kappa shape index (κ2) is 6.97. The van der Waals surface area contributed by atoms with Crippen LogP contribution in [0.2, 0.25) is 0 Å². The molecular weight excluding hydrogens is 280 g/mol. The van der Waals surface area contributed by atoms with Gasteiger partial charge in [-0.05, 0) is 12.1 Å². The molecule has 0 aliphatic carbocycles. The van der Waals surface area contributed by atoms with Crippen LogP contribution in [0.5, 0.6) is 0 Å². The molecule has 0 unspecified atom stereocenters. The lowest BCUT2D eigenvalue weighted by Gasteiger charge is -2.39. The third-order valence-electron chi connectivity index (χ3n) is 3.38. The van der Waals surface area contributed by atoms with Crippen molar-refractivity contribution in [2.24, 2.45) is 0 Å². The number of hydrogen-bond acceptors (Lipinski definition) is 7. The summed E-state index contributed by atoms with van der Waals surface area (Å²) in [7, 11) is 0. The minimum atomic E-state index is -1.48. The topological polar surface area (TPSA) is 116 Å². The van der Waals surface area contributed by atoms with Crippen molar-refractivity contribution < 1.29 is 34.7 Å². The molecule has 0 bridgehead atoms. The average Bonchev–Trinajstić information content (AvgIpc) is 2.52. The Balaban J connectivity index is 1.94. The van der Waals surface area contributed by atoms with Crippen molar-refractivity contribution in [2.75, 3.05) is 13.2 Å². The first kappa shape index (κ1) is 15.9. The maximum Gasteiger partial charge on any atom is 0.338 e. The minimum Gasteiger partial charge on any atom is -0.459 e. The molecule has 4 N–H and O–H groups in total. The zero-order valence-electron chi connectivity index (χ0n) is 11.2. The van der Waals surface area contributed by atoms with Gasteiger partial charge in [0.2, 0.25) is 0 Å². The second-order valence-corrected chi connectivity index (χ2v) is 4.83. The Hall–Kier alpha value is -1.51. The van der Waals surface area contributed by atoms with Crippen molar-refractivity contribution in [3.8, 4) is 0 Å². The molecule has 1 aromatic carbocycles. The monoisotopic (exact) mass is 298 g/mol. The molecule has 0 saturated carbocycles. The van der Waals surface area contributed by atoms with E-state index in [1.807, 2.05) is 0 Å². The van der Waals surface area contributed by atoms with E-state index in [1.165, 1.54) is 0 Å². The summed E-state index contributed by atoms with van der Waals surface area (Å²) in [5.41, 5.74) is 0.349. The maximum absolute atomic E-state index is 11.8. The second-order valence-electron chi connectivity index (χ2n) is 4.83. The summed E-state index contributed by atoms with van der Waals surface area (Å²) in [6.45, 7) is -0.816. The third-order valence-corrected chi connectivity index (χ3v) is 3.38. The van der Waals surface area contributed by atoms with E-state index in [0.717, 1.165) is 0 Å². The van der Waals surface area contributed by atoms with Crippen molar-refractivity contribution in [1.82, 2.24) is 0 Å². The number of rotatable bonds is 4. The number of ether oxygens (including phenoxy) is 2. The molecule has 1 aromatic rings. The summed E-state index contributed by atoms with van der Waals surface area (Å²) >= 11 is 0. The highest BCUT2D eigenvalue weighted by Gasteiger charge is 2.43. The van der Waals surface area contributed by atoms with Crippen molar-refractivity contribution in [3.05, 3.63) is 35.9 Å². The molecule has 1 aliphatic heterocycles. The Kier molecular flexibility index (Phi) is 5.27. The van der Waals surface area contributed by atoms with Gasteiger partial charge in [0.25, 0.3) is 0 Å². The molecular formula is C14H18O7. The fourth-order valence-corrected chi connectivity index (χ4v) is 2.13. The molecule has 2 rings (SSSR count). The number of carbonyl (C=O) groups is 1. The van der Waals surface area contributed by atoms with E-state index in [4.69, 9.17) is 14.6 Å². The van der Waals surface area contributed by atoms with E-state index in [1.54, 1.807) is 30.3 Å². The van der Waals surface area contributed by atoms with Crippen LogP contribution in [-0.2, 0) is 9.47 Å². The van der Waals surface area contributed by atoms with Gasteiger partial charge in [-0.1, -0.05) is 18.2 Å². The van der Waals surface area contributed by atoms with Gasteiger partial charge in [-0.15, -0.1) is 0 Å². The van der Waals surface area contributed by atoms with Gasteiger partial charge in [-0.2, -0.15) is 0 Å². The number of hydrogen-bond donors (Lipinski definition) is 4. The number of benzene rings is 1. The van der Waals surface area contributed by atoms with Gasteiger partial charge in [0, 0.05) is 0 Å². The van der Waals surface area contributed by atoms with Crippen LogP contribution in [0.4, 0.5) is 0 Å². The van der Waals surface area contributed by atoms with Crippen LogP contribution in [0.3, 0.4) is 0 Å². The molecule has 7 nitrogen and oxygen atoms in total. The zero-order chi connectivity index (χ0) is 15.4. The van der Waals surface area contributed by atoms with E-state index >= 15 is 0 Å². The normalized spacial score (nSPS) is 32.7. The SMILES string of the molecule is O=C(OC[C@@H]1O[C@H](CO)[C@@H](O)[C@H](O)[C@H]1O)c1ccccc1. The first-order chi connectivity index (χ1) is 10.0. The standard InChI is InChI=1S/C14H18O7/c15-6-9-11(16)13(18)12(17)10(21-9)7-20-14(19)8-4-2-1-3-5-8/h1-5,9-13,15-18H,6-7H2/t9-,10+,11-,12+,13+/m1/s1. The van der Waals surface area contributed by atoms with Gasteiger partial charge in [0.15, 0.2) is 0 Å². The van der Waals surface area contributed by atoms with E-state index < -0.39 is 43.1 Å². The summed E-state index contributed by atoms with van der Waals surface area (Å²) in [4.78, 5) is 11.8. The van der Waals surface area contributed by atoms with E-state index in [-0.39, 0.29) is 6.61 Å². The van der Waals surface area contributed by atoms with Crippen molar-refractivity contribution in [2.45, 2.75) is 30.5 Å². The van der Waals surface area contributed by atoms with Gasteiger partial charge in [-0.3, -0.25) is 0 Å². The van der Waals surface area contributed by atoms with Crippen LogP contribution in [-0.4, -0.2) is 70.1 Å². The Morgan fingerprint density at radius 1 is 1.05 bits per heavy atom. The molecule has 116 valence electrons. The molecule has 7 heteroatoms. The molecule has 21 heavy (non-hydrogen) atoms. The average molecular weight is 298 g/mol. The Labute approximate surface area is 121 Å². The number of carbonyl (C=O) groups excluding carboxylic acids is 1. The summed E-state index contributed by atoms with van der Waals surface area (Å²) in [5.74, 6) is -0.590. The summed E-state index contributed by atoms with van der Waals surface area (Å²) < 4.78 is 10.2. The minimum absolute atomic E-state index is 0.296. The van der Waals surface area contributed by atoms with E-state index in [0.29, 0.717) is 5.56 Å². The van der Waals surface area contributed by atoms with E-state index in [2.05, 4.69) is 0 Å². The summed E-state index contributed by atoms with van der Waals surface area (Å²) in [5, 5.41) is 38.1. The van der Waals surface area contributed by atoms with Crippen molar-refractivity contribution in [3.63, 3.8) is 0 Å². The first-order valence-corrected chi connectivity index (χ1v) is 6.57. The van der Waals surface area contributed by atoms with Crippen LogP contribution in [0.15, 0.2) is 30.3 Å². The van der Waals surface area contributed by atoms with Crippen LogP contribution in [0.25, 0.3) is 0 Å². The molecule has 5 atom stereocenters. The first-order valence-electron chi connectivity index (χ1n) is 6.57. The molecule has 1 fully saturated rings. The molecule has 1 heterocycles. The fourth-order valence-electron chi connectivity index (χ4n) is 2.13. The van der Waals surface area contributed by atoms with Gasteiger partial charge >= 0.3 is 5.97 Å². The van der Waals surface area contributed by atoms with Crippen molar-refractivity contribution in [1.29, 1.82) is 0 Å². The molecule has 0 spiro atoms. The molecule has 0 radical (unpaired) electrons. The lowest BCUT2D eigenvalue weighted by Crippen LogP contribution is -2.59. The van der Waals surface area contributed by atoms with Crippen LogP contribution in [0, 0.1) is 0 Å². The Morgan fingerprint density at radius 3 is 2.29 bits per heavy atom. The third kappa shape index (κ3) is 3.58. The largest absolute Gasteiger partial charge is 0.459 e. The number of esters is 1. The van der Waals surface area contributed by atoms with Crippen LogP contribution >= 0.6 is 0 Å². The van der Waals surface area contributed by atoms with Gasteiger partial charge < -0.3 is 29.9 Å². The zero-order valence-corrected chi connectivity index (χ0v) is 11.2. The summed E-state index contributed by atoms with van der Waals surface area (Å²) in [6, 6.07) is 8.29. The fraction of sp³-hybridized carbons (Fsp3) is 0.500. The van der Waals surface area contributed by atoms with Crippen LogP contribution in [0.1, 0.15) is 10.4 Å². The lowest BCUT2D eigenvalue weighted by molar-refractivity contribution is -0.235. The smallest absolute Gasteiger partial charge is 0.338 e. The molecule has 1 saturated heterocycles. The highest BCUT2D eigenvalue weighted by Crippen LogP contribution is 2.21. The molecule has 1 aliphatic rings. The molecule has 0 amide bonds. The predicted molar refractivity (Wildman–Crippen MR) is 70.5 cm³/mol. The van der Waals surface area contributed by atoms with Gasteiger partial charge in [-0.25, -0.2) is 4.79 Å². The number of aliphatic hydroxyl groups is 4. The van der Waals surface area contributed by atoms with Crippen LogP contribution < -0.4 is 0 Å². The lowest BCUT2D eigenvalue weighted by atomic mass is 9.95. The van der Waals surface area contributed by atoms with Gasteiger partial charge in [0.05, 0.1) is 12.2 Å². The quantitative estimate of drug-likeness (QED) is 0.510.